The van der Waals surface area contributed by atoms with Crippen molar-refractivity contribution in [2.24, 2.45) is 17.6 Å². The van der Waals surface area contributed by atoms with E-state index in [1.165, 1.54) is 11.1 Å². The molecule has 3 nitrogen and oxygen atoms in total. The SMILES string of the molecule is NC[C@H]1CN(Cc2ccccc2)C[C@H]1Cc1ccc(N)cc1. The summed E-state index contributed by atoms with van der Waals surface area (Å²) in [6.07, 6.45) is 1.09. The van der Waals surface area contributed by atoms with Crippen LogP contribution in [0.2, 0.25) is 0 Å². The molecular formula is C19H25N3. The van der Waals surface area contributed by atoms with Crippen LogP contribution in [0, 0.1) is 11.8 Å². The van der Waals surface area contributed by atoms with E-state index in [1.54, 1.807) is 0 Å². The molecule has 0 unspecified atom stereocenters. The number of hydrogen-bond acceptors (Lipinski definition) is 3. The summed E-state index contributed by atoms with van der Waals surface area (Å²) in [7, 11) is 0. The summed E-state index contributed by atoms with van der Waals surface area (Å²) in [6, 6.07) is 18.9. The van der Waals surface area contributed by atoms with Gasteiger partial charge in [0.25, 0.3) is 0 Å². The van der Waals surface area contributed by atoms with E-state index in [9.17, 15) is 0 Å². The third-order valence-corrected chi connectivity index (χ3v) is 4.68. The van der Waals surface area contributed by atoms with Crippen LogP contribution in [0.5, 0.6) is 0 Å². The van der Waals surface area contributed by atoms with Crippen LogP contribution in [0.15, 0.2) is 54.6 Å². The predicted molar refractivity (Wildman–Crippen MR) is 92.3 cm³/mol. The Morgan fingerprint density at radius 2 is 1.55 bits per heavy atom. The molecule has 0 radical (unpaired) electrons. The van der Waals surface area contributed by atoms with E-state index in [2.05, 4.69) is 47.4 Å². The highest BCUT2D eigenvalue weighted by atomic mass is 15.2. The quantitative estimate of drug-likeness (QED) is 0.833. The zero-order chi connectivity index (χ0) is 15.4. The summed E-state index contributed by atoms with van der Waals surface area (Å²) < 4.78 is 0. The lowest BCUT2D eigenvalue weighted by molar-refractivity contribution is 0.313. The Morgan fingerprint density at radius 1 is 0.864 bits per heavy atom. The van der Waals surface area contributed by atoms with Gasteiger partial charge >= 0.3 is 0 Å². The van der Waals surface area contributed by atoms with Crippen LogP contribution in [0.3, 0.4) is 0 Å². The topological polar surface area (TPSA) is 55.3 Å². The highest BCUT2D eigenvalue weighted by Gasteiger charge is 2.31. The van der Waals surface area contributed by atoms with Crippen LogP contribution in [0.25, 0.3) is 0 Å². The molecule has 0 bridgehead atoms. The van der Waals surface area contributed by atoms with Crippen molar-refractivity contribution in [1.29, 1.82) is 0 Å². The van der Waals surface area contributed by atoms with Crippen molar-refractivity contribution in [2.45, 2.75) is 13.0 Å². The molecule has 1 aliphatic rings. The van der Waals surface area contributed by atoms with Gasteiger partial charge < -0.3 is 11.5 Å². The van der Waals surface area contributed by atoms with Crippen molar-refractivity contribution >= 4 is 5.69 Å². The van der Waals surface area contributed by atoms with Gasteiger partial charge in [-0.1, -0.05) is 42.5 Å². The first-order chi connectivity index (χ1) is 10.7. The van der Waals surface area contributed by atoms with Crippen molar-refractivity contribution in [2.75, 3.05) is 25.4 Å². The van der Waals surface area contributed by atoms with Gasteiger partial charge in [0.2, 0.25) is 0 Å². The average Bonchev–Trinajstić information content (AvgIpc) is 2.92. The van der Waals surface area contributed by atoms with E-state index in [0.717, 1.165) is 38.3 Å². The summed E-state index contributed by atoms with van der Waals surface area (Å²) in [6.45, 7) is 4.02. The Morgan fingerprint density at radius 3 is 2.23 bits per heavy atom. The molecule has 0 saturated carbocycles. The number of rotatable bonds is 5. The Kier molecular flexibility index (Phi) is 4.76. The lowest BCUT2D eigenvalue weighted by Gasteiger charge is -2.16. The molecule has 0 aromatic heterocycles. The number of benzene rings is 2. The molecule has 1 saturated heterocycles. The fourth-order valence-corrected chi connectivity index (χ4v) is 3.46. The first-order valence-electron chi connectivity index (χ1n) is 8.05. The minimum absolute atomic E-state index is 0.585. The van der Waals surface area contributed by atoms with Crippen LogP contribution in [-0.2, 0) is 13.0 Å². The standard InChI is InChI=1S/C19H25N3/c20-11-18-14-22(12-16-4-2-1-3-5-16)13-17(18)10-15-6-8-19(21)9-7-15/h1-9,17-18H,10-14,20-21H2/t17-,18+/m1/s1. The van der Waals surface area contributed by atoms with E-state index >= 15 is 0 Å². The molecule has 116 valence electrons. The third kappa shape index (κ3) is 3.67. The second-order valence-electron chi connectivity index (χ2n) is 6.38. The fraction of sp³-hybridized carbons (Fsp3) is 0.368. The van der Waals surface area contributed by atoms with Gasteiger partial charge in [-0.3, -0.25) is 4.90 Å². The molecule has 3 rings (SSSR count). The Labute approximate surface area is 132 Å². The Balaban J connectivity index is 1.63. The van der Waals surface area contributed by atoms with Crippen LogP contribution < -0.4 is 11.5 Å². The van der Waals surface area contributed by atoms with Gasteiger partial charge in [0, 0.05) is 25.3 Å². The summed E-state index contributed by atoms with van der Waals surface area (Å²) in [4.78, 5) is 2.54. The van der Waals surface area contributed by atoms with Gasteiger partial charge in [0.1, 0.15) is 0 Å². The zero-order valence-corrected chi connectivity index (χ0v) is 13.0. The number of nitrogens with two attached hydrogens (primary N) is 2. The molecule has 0 spiro atoms. The number of hydrogen-bond donors (Lipinski definition) is 2. The van der Waals surface area contributed by atoms with Gasteiger partial charge in [-0.15, -0.1) is 0 Å². The number of nitrogen functional groups attached to an aromatic ring is 1. The maximum atomic E-state index is 6.01. The third-order valence-electron chi connectivity index (χ3n) is 4.68. The normalized spacial score (nSPS) is 22.0. The molecule has 3 heteroatoms. The molecule has 1 aliphatic heterocycles. The highest BCUT2D eigenvalue weighted by molar-refractivity contribution is 5.39. The van der Waals surface area contributed by atoms with E-state index in [4.69, 9.17) is 11.5 Å². The monoisotopic (exact) mass is 295 g/mol. The highest BCUT2D eigenvalue weighted by Crippen LogP contribution is 2.27. The summed E-state index contributed by atoms with van der Waals surface area (Å²) in [5.41, 5.74) is 15.4. The van der Waals surface area contributed by atoms with E-state index < -0.39 is 0 Å². The van der Waals surface area contributed by atoms with Crippen LogP contribution in [-0.4, -0.2) is 24.5 Å². The molecule has 1 heterocycles. The van der Waals surface area contributed by atoms with Gasteiger partial charge in [-0.2, -0.15) is 0 Å². The largest absolute Gasteiger partial charge is 0.399 e. The van der Waals surface area contributed by atoms with Gasteiger partial charge in [-0.25, -0.2) is 0 Å². The smallest absolute Gasteiger partial charge is 0.0314 e. The van der Waals surface area contributed by atoms with Crippen molar-refractivity contribution < 1.29 is 0 Å². The van der Waals surface area contributed by atoms with Crippen molar-refractivity contribution in [3.05, 3.63) is 65.7 Å². The van der Waals surface area contributed by atoms with Crippen molar-refractivity contribution in [3.8, 4) is 0 Å². The molecule has 2 aromatic rings. The molecular weight excluding hydrogens is 270 g/mol. The average molecular weight is 295 g/mol. The minimum atomic E-state index is 0.585. The lowest BCUT2D eigenvalue weighted by atomic mass is 9.90. The molecule has 0 amide bonds. The van der Waals surface area contributed by atoms with E-state index in [1.807, 2.05) is 12.1 Å². The molecule has 22 heavy (non-hydrogen) atoms. The Bertz CT molecular complexity index is 579. The van der Waals surface area contributed by atoms with Crippen molar-refractivity contribution in [3.63, 3.8) is 0 Å². The Hall–Kier alpha value is -1.84. The number of nitrogens with zero attached hydrogens (tertiary/aromatic N) is 1. The minimum Gasteiger partial charge on any atom is -0.399 e. The fourth-order valence-electron chi connectivity index (χ4n) is 3.46. The van der Waals surface area contributed by atoms with Gasteiger partial charge in [-0.05, 0) is 48.1 Å². The first kappa shape index (κ1) is 15.1. The second kappa shape index (κ2) is 6.95. The zero-order valence-electron chi connectivity index (χ0n) is 13.0. The number of anilines is 1. The number of likely N-dealkylation sites (tertiary alicyclic amines) is 1. The maximum Gasteiger partial charge on any atom is 0.0314 e. The maximum absolute atomic E-state index is 6.01. The second-order valence-corrected chi connectivity index (χ2v) is 6.38. The van der Waals surface area contributed by atoms with Gasteiger partial charge in [0.15, 0.2) is 0 Å². The molecule has 0 aliphatic carbocycles. The van der Waals surface area contributed by atoms with E-state index in [-0.39, 0.29) is 0 Å². The lowest BCUT2D eigenvalue weighted by Crippen LogP contribution is -2.24. The van der Waals surface area contributed by atoms with Gasteiger partial charge in [0.05, 0.1) is 0 Å². The summed E-state index contributed by atoms with van der Waals surface area (Å²) >= 11 is 0. The molecule has 1 fully saturated rings. The van der Waals surface area contributed by atoms with E-state index in [0.29, 0.717) is 11.8 Å². The van der Waals surface area contributed by atoms with Crippen LogP contribution in [0.4, 0.5) is 5.69 Å². The molecule has 2 aromatic carbocycles. The molecule has 2 atom stereocenters. The van der Waals surface area contributed by atoms with Crippen LogP contribution in [0.1, 0.15) is 11.1 Å². The van der Waals surface area contributed by atoms with Crippen molar-refractivity contribution in [1.82, 2.24) is 4.90 Å². The predicted octanol–water partition coefficient (Wildman–Crippen LogP) is 2.52. The first-order valence-corrected chi connectivity index (χ1v) is 8.05. The molecule has 4 N–H and O–H groups in total. The summed E-state index contributed by atoms with van der Waals surface area (Å²) in [5.74, 6) is 1.22. The van der Waals surface area contributed by atoms with Crippen LogP contribution >= 0.6 is 0 Å². The summed E-state index contributed by atoms with van der Waals surface area (Å²) in [5, 5.41) is 0.